The highest BCUT2D eigenvalue weighted by Crippen LogP contribution is 1.84. The Balaban J connectivity index is 3.92. The van der Waals surface area contributed by atoms with Crippen LogP contribution in [0.25, 0.3) is 0 Å². The molecule has 4 heteroatoms. The van der Waals surface area contributed by atoms with E-state index >= 15 is 0 Å². The average Bonchev–Trinajstić information content (AvgIpc) is 2.10. The number of carbonyl (C=O) groups excluding carboxylic acids is 2. The molecule has 0 radical (unpaired) electrons. The summed E-state index contributed by atoms with van der Waals surface area (Å²) >= 11 is 0. The summed E-state index contributed by atoms with van der Waals surface area (Å²) in [7, 11) is 0. The SMILES string of the molecule is C=CCNC(=O)N(C=O)CC=C. The molecule has 0 aromatic carbocycles. The fourth-order valence-electron chi connectivity index (χ4n) is 0.574. The Morgan fingerprint density at radius 3 is 2.50 bits per heavy atom. The summed E-state index contributed by atoms with van der Waals surface area (Å²) in [5.41, 5.74) is 0. The lowest BCUT2D eigenvalue weighted by molar-refractivity contribution is -0.115. The highest BCUT2D eigenvalue weighted by molar-refractivity contribution is 5.84. The van der Waals surface area contributed by atoms with Crippen molar-refractivity contribution < 1.29 is 9.59 Å². The minimum absolute atomic E-state index is 0.215. The Kier molecular flexibility index (Phi) is 5.34. The van der Waals surface area contributed by atoms with Crippen LogP contribution in [0.2, 0.25) is 0 Å². The summed E-state index contributed by atoms with van der Waals surface area (Å²) in [6.07, 6.45) is 3.47. The highest BCUT2D eigenvalue weighted by Gasteiger charge is 2.07. The minimum atomic E-state index is -0.440. The molecule has 0 aromatic rings. The zero-order valence-electron chi connectivity index (χ0n) is 6.82. The van der Waals surface area contributed by atoms with Gasteiger partial charge in [0.15, 0.2) is 0 Å². The molecule has 0 rings (SSSR count). The monoisotopic (exact) mass is 168 g/mol. The normalized spacial score (nSPS) is 8.33. The van der Waals surface area contributed by atoms with Crippen LogP contribution in [0.5, 0.6) is 0 Å². The second-order valence-corrected chi connectivity index (χ2v) is 2.02. The van der Waals surface area contributed by atoms with Gasteiger partial charge in [-0.15, -0.1) is 13.2 Å². The first-order chi connectivity index (χ1) is 5.76. The van der Waals surface area contributed by atoms with Gasteiger partial charge in [-0.25, -0.2) is 4.79 Å². The number of nitrogens with one attached hydrogen (secondary N) is 1. The Bertz CT molecular complexity index is 189. The van der Waals surface area contributed by atoms with Gasteiger partial charge in [0.1, 0.15) is 0 Å². The van der Waals surface area contributed by atoms with Crippen molar-refractivity contribution in [2.75, 3.05) is 13.1 Å². The van der Waals surface area contributed by atoms with E-state index in [0.29, 0.717) is 13.0 Å². The molecule has 0 aliphatic carbocycles. The molecule has 0 aliphatic rings. The summed E-state index contributed by atoms with van der Waals surface area (Å²) in [4.78, 5) is 22.3. The van der Waals surface area contributed by atoms with Crippen molar-refractivity contribution in [1.29, 1.82) is 0 Å². The Labute approximate surface area is 71.5 Å². The molecule has 0 aromatic heterocycles. The number of hydrogen-bond acceptors (Lipinski definition) is 2. The van der Waals surface area contributed by atoms with Crippen LogP contribution in [-0.2, 0) is 4.79 Å². The number of hydrogen-bond donors (Lipinski definition) is 1. The van der Waals surface area contributed by atoms with E-state index in [4.69, 9.17) is 0 Å². The lowest BCUT2D eigenvalue weighted by atomic mass is 10.5. The third kappa shape index (κ3) is 3.55. The second kappa shape index (κ2) is 6.15. The number of amides is 3. The van der Waals surface area contributed by atoms with Gasteiger partial charge in [0.05, 0.1) is 0 Å². The zero-order valence-corrected chi connectivity index (χ0v) is 6.82. The van der Waals surface area contributed by atoms with Gasteiger partial charge in [0, 0.05) is 13.1 Å². The number of imide groups is 1. The van der Waals surface area contributed by atoms with E-state index in [-0.39, 0.29) is 6.54 Å². The molecule has 0 aliphatic heterocycles. The molecular weight excluding hydrogens is 156 g/mol. The van der Waals surface area contributed by atoms with Crippen molar-refractivity contribution in [2.45, 2.75) is 0 Å². The summed E-state index contributed by atoms with van der Waals surface area (Å²) in [6.45, 7) is 7.39. The summed E-state index contributed by atoms with van der Waals surface area (Å²) in [5, 5.41) is 2.46. The van der Waals surface area contributed by atoms with E-state index in [1.165, 1.54) is 12.2 Å². The van der Waals surface area contributed by atoms with Gasteiger partial charge in [-0.05, 0) is 0 Å². The van der Waals surface area contributed by atoms with Crippen LogP contribution in [0.1, 0.15) is 0 Å². The van der Waals surface area contributed by atoms with Crippen LogP contribution in [-0.4, -0.2) is 30.4 Å². The molecule has 0 fully saturated rings. The Morgan fingerprint density at radius 1 is 1.42 bits per heavy atom. The first-order valence-electron chi connectivity index (χ1n) is 3.47. The minimum Gasteiger partial charge on any atom is -0.334 e. The van der Waals surface area contributed by atoms with Crippen molar-refractivity contribution in [2.24, 2.45) is 0 Å². The standard InChI is InChI=1S/C8H12N2O2/c1-3-5-9-8(12)10(7-11)6-4-2/h3-4,7H,1-2,5-6H2,(H,9,12). The lowest BCUT2D eigenvalue weighted by Crippen LogP contribution is -2.39. The maximum Gasteiger partial charge on any atom is 0.324 e. The smallest absolute Gasteiger partial charge is 0.324 e. The van der Waals surface area contributed by atoms with E-state index < -0.39 is 6.03 Å². The maximum atomic E-state index is 11.0. The van der Waals surface area contributed by atoms with Gasteiger partial charge in [0.25, 0.3) is 0 Å². The predicted octanol–water partition coefficient (Wildman–Crippen LogP) is 0.526. The Hall–Kier alpha value is -1.58. The van der Waals surface area contributed by atoms with Crippen LogP contribution in [0, 0.1) is 0 Å². The quantitative estimate of drug-likeness (QED) is 0.480. The van der Waals surface area contributed by atoms with E-state index in [1.54, 1.807) is 0 Å². The van der Waals surface area contributed by atoms with Gasteiger partial charge in [-0.1, -0.05) is 12.2 Å². The first-order valence-corrected chi connectivity index (χ1v) is 3.47. The van der Waals surface area contributed by atoms with Crippen molar-refractivity contribution in [3.63, 3.8) is 0 Å². The van der Waals surface area contributed by atoms with Gasteiger partial charge < -0.3 is 5.32 Å². The number of rotatable bonds is 5. The number of carbonyl (C=O) groups is 2. The molecule has 0 unspecified atom stereocenters. The maximum absolute atomic E-state index is 11.0. The highest BCUT2D eigenvalue weighted by atomic mass is 16.2. The Morgan fingerprint density at radius 2 is 2.08 bits per heavy atom. The van der Waals surface area contributed by atoms with Crippen molar-refractivity contribution >= 4 is 12.4 Å². The van der Waals surface area contributed by atoms with Crippen LogP contribution in [0.15, 0.2) is 25.3 Å². The third-order valence-corrected chi connectivity index (χ3v) is 1.11. The lowest BCUT2D eigenvalue weighted by Gasteiger charge is -2.12. The molecule has 1 N–H and O–H groups in total. The fraction of sp³-hybridized carbons (Fsp3) is 0.250. The van der Waals surface area contributed by atoms with Crippen LogP contribution >= 0.6 is 0 Å². The number of urea groups is 1. The van der Waals surface area contributed by atoms with Gasteiger partial charge >= 0.3 is 6.03 Å². The largest absolute Gasteiger partial charge is 0.334 e. The molecule has 12 heavy (non-hydrogen) atoms. The predicted molar refractivity (Wildman–Crippen MR) is 46.6 cm³/mol. The van der Waals surface area contributed by atoms with Crippen LogP contribution < -0.4 is 5.32 Å². The molecule has 3 amide bonds. The zero-order chi connectivity index (χ0) is 9.40. The molecule has 0 spiro atoms. The third-order valence-electron chi connectivity index (χ3n) is 1.11. The van der Waals surface area contributed by atoms with Gasteiger partial charge in [-0.3, -0.25) is 9.69 Å². The van der Waals surface area contributed by atoms with Crippen molar-refractivity contribution in [1.82, 2.24) is 10.2 Å². The van der Waals surface area contributed by atoms with Gasteiger partial charge in [-0.2, -0.15) is 0 Å². The fourth-order valence-corrected chi connectivity index (χ4v) is 0.574. The second-order valence-electron chi connectivity index (χ2n) is 2.02. The molecule has 0 atom stereocenters. The van der Waals surface area contributed by atoms with Crippen LogP contribution in [0.4, 0.5) is 4.79 Å². The van der Waals surface area contributed by atoms with E-state index in [2.05, 4.69) is 18.5 Å². The molecule has 0 saturated heterocycles. The van der Waals surface area contributed by atoms with E-state index in [9.17, 15) is 9.59 Å². The first kappa shape index (κ1) is 10.4. The summed E-state index contributed by atoms with van der Waals surface area (Å²) in [6, 6.07) is -0.440. The summed E-state index contributed by atoms with van der Waals surface area (Å²) < 4.78 is 0. The average molecular weight is 168 g/mol. The molecule has 0 saturated carbocycles. The van der Waals surface area contributed by atoms with Crippen LogP contribution in [0.3, 0.4) is 0 Å². The van der Waals surface area contributed by atoms with E-state index in [0.717, 1.165) is 4.90 Å². The molecule has 66 valence electrons. The van der Waals surface area contributed by atoms with E-state index in [1.807, 2.05) is 0 Å². The molecule has 0 bridgehead atoms. The number of nitrogens with zero attached hydrogens (tertiary/aromatic N) is 1. The van der Waals surface area contributed by atoms with Crippen molar-refractivity contribution in [3.8, 4) is 0 Å². The van der Waals surface area contributed by atoms with Crippen molar-refractivity contribution in [3.05, 3.63) is 25.3 Å². The molecular formula is C8H12N2O2. The summed E-state index contributed by atoms with van der Waals surface area (Å²) in [5.74, 6) is 0. The molecule has 0 heterocycles. The molecule has 4 nitrogen and oxygen atoms in total. The topological polar surface area (TPSA) is 49.4 Å². The van der Waals surface area contributed by atoms with Gasteiger partial charge in [0.2, 0.25) is 6.41 Å².